The Bertz CT molecular complexity index is 401. The standard InChI is InChI=1S/C14H19FN2O/c1-2-3-7-18-8-6-17-11-13-9-12(10-16)4-5-14(13)15/h4-5,9,17H,2-3,6-8,11H2,1H3. The third-order valence-electron chi connectivity index (χ3n) is 2.56. The number of benzene rings is 1. The molecular formula is C14H19FN2O. The number of nitrogens with one attached hydrogen (secondary N) is 1. The summed E-state index contributed by atoms with van der Waals surface area (Å²) in [5.74, 6) is -0.284. The molecule has 1 aromatic carbocycles. The second-order valence-electron chi connectivity index (χ2n) is 4.06. The van der Waals surface area contributed by atoms with Gasteiger partial charge >= 0.3 is 0 Å². The van der Waals surface area contributed by atoms with Gasteiger partial charge in [-0.3, -0.25) is 0 Å². The molecule has 0 fully saturated rings. The quantitative estimate of drug-likeness (QED) is 0.721. The minimum atomic E-state index is -0.284. The number of hydrogen-bond acceptors (Lipinski definition) is 3. The zero-order valence-corrected chi connectivity index (χ0v) is 10.7. The molecule has 0 saturated heterocycles. The van der Waals surface area contributed by atoms with Gasteiger partial charge in [-0.1, -0.05) is 13.3 Å². The molecule has 98 valence electrons. The molecule has 0 atom stereocenters. The molecule has 1 N–H and O–H groups in total. The van der Waals surface area contributed by atoms with Crippen LogP contribution in [0.3, 0.4) is 0 Å². The summed E-state index contributed by atoms with van der Waals surface area (Å²) in [5.41, 5.74) is 0.995. The summed E-state index contributed by atoms with van der Waals surface area (Å²) < 4.78 is 18.8. The average Bonchev–Trinajstić information content (AvgIpc) is 2.39. The van der Waals surface area contributed by atoms with E-state index in [2.05, 4.69) is 12.2 Å². The van der Waals surface area contributed by atoms with Crippen LogP contribution in [0.4, 0.5) is 4.39 Å². The van der Waals surface area contributed by atoms with Gasteiger partial charge in [0.05, 0.1) is 18.2 Å². The van der Waals surface area contributed by atoms with E-state index in [4.69, 9.17) is 10.00 Å². The van der Waals surface area contributed by atoms with E-state index in [0.29, 0.717) is 30.8 Å². The molecule has 1 aromatic rings. The molecule has 1 rings (SSSR count). The summed E-state index contributed by atoms with van der Waals surface area (Å²) in [7, 11) is 0. The number of unbranched alkanes of at least 4 members (excludes halogenated alkanes) is 1. The lowest BCUT2D eigenvalue weighted by Gasteiger charge is -2.07. The highest BCUT2D eigenvalue weighted by Gasteiger charge is 2.02. The van der Waals surface area contributed by atoms with Gasteiger partial charge in [0.25, 0.3) is 0 Å². The van der Waals surface area contributed by atoms with Gasteiger partial charge in [0.1, 0.15) is 5.82 Å². The van der Waals surface area contributed by atoms with Crippen molar-refractivity contribution in [2.45, 2.75) is 26.3 Å². The van der Waals surface area contributed by atoms with E-state index >= 15 is 0 Å². The number of halogens is 1. The van der Waals surface area contributed by atoms with Crippen LogP contribution in [-0.2, 0) is 11.3 Å². The van der Waals surface area contributed by atoms with Crippen LogP contribution in [0.5, 0.6) is 0 Å². The zero-order chi connectivity index (χ0) is 13.2. The molecule has 0 aliphatic rings. The number of hydrogen-bond donors (Lipinski definition) is 1. The zero-order valence-electron chi connectivity index (χ0n) is 10.7. The van der Waals surface area contributed by atoms with Crippen molar-refractivity contribution in [3.63, 3.8) is 0 Å². The van der Waals surface area contributed by atoms with E-state index in [1.165, 1.54) is 12.1 Å². The maximum atomic E-state index is 13.4. The van der Waals surface area contributed by atoms with E-state index in [9.17, 15) is 4.39 Å². The lowest BCUT2D eigenvalue weighted by Crippen LogP contribution is -2.20. The molecule has 4 heteroatoms. The van der Waals surface area contributed by atoms with Crippen LogP contribution in [0, 0.1) is 17.1 Å². The second kappa shape index (κ2) is 8.62. The number of nitrogens with zero attached hydrogens (tertiary/aromatic N) is 1. The van der Waals surface area contributed by atoms with E-state index in [1.54, 1.807) is 6.07 Å². The smallest absolute Gasteiger partial charge is 0.127 e. The number of ether oxygens (including phenoxy) is 1. The Labute approximate surface area is 108 Å². The molecule has 0 bridgehead atoms. The van der Waals surface area contributed by atoms with Gasteiger partial charge in [-0.05, 0) is 24.6 Å². The summed E-state index contributed by atoms with van der Waals surface area (Å²) in [4.78, 5) is 0. The summed E-state index contributed by atoms with van der Waals surface area (Å²) in [6, 6.07) is 6.38. The summed E-state index contributed by atoms with van der Waals surface area (Å²) in [6.07, 6.45) is 2.19. The Kier molecular flexibility index (Phi) is 7.00. The van der Waals surface area contributed by atoms with Crippen molar-refractivity contribution in [2.75, 3.05) is 19.8 Å². The van der Waals surface area contributed by atoms with Crippen molar-refractivity contribution in [1.29, 1.82) is 5.26 Å². The minimum Gasteiger partial charge on any atom is -0.380 e. The molecule has 0 amide bonds. The lowest BCUT2D eigenvalue weighted by molar-refractivity contribution is 0.133. The van der Waals surface area contributed by atoms with Gasteiger partial charge in [-0.15, -0.1) is 0 Å². The fourth-order valence-corrected chi connectivity index (χ4v) is 1.50. The Hall–Kier alpha value is -1.44. The maximum absolute atomic E-state index is 13.4. The number of rotatable bonds is 8. The topological polar surface area (TPSA) is 45.0 Å². The molecule has 3 nitrogen and oxygen atoms in total. The van der Waals surface area contributed by atoms with Crippen LogP contribution in [0.25, 0.3) is 0 Å². The molecular weight excluding hydrogens is 231 g/mol. The van der Waals surface area contributed by atoms with Crippen LogP contribution in [0.2, 0.25) is 0 Å². The van der Waals surface area contributed by atoms with Crippen molar-refractivity contribution < 1.29 is 9.13 Å². The first-order valence-corrected chi connectivity index (χ1v) is 6.25. The van der Waals surface area contributed by atoms with Crippen molar-refractivity contribution in [3.05, 3.63) is 35.1 Å². The molecule has 0 radical (unpaired) electrons. The van der Waals surface area contributed by atoms with E-state index < -0.39 is 0 Å². The fourth-order valence-electron chi connectivity index (χ4n) is 1.50. The monoisotopic (exact) mass is 250 g/mol. The first-order chi connectivity index (χ1) is 8.77. The molecule has 0 saturated carbocycles. The molecule has 0 aromatic heterocycles. The Morgan fingerprint density at radius 3 is 2.94 bits per heavy atom. The Balaban J connectivity index is 2.25. The molecule has 0 spiro atoms. The van der Waals surface area contributed by atoms with E-state index in [0.717, 1.165) is 19.4 Å². The molecule has 0 aliphatic carbocycles. The van der Waals surface area contributed by atoms with Gasteiger partial charge < -0.3 is 10.1 Å². The highest BCUT2D eigenvalue weighted by Crippen LogP contribution is 2.09. The molecule has 18 heavy (non-hydrogen) atoms. The van der Waals surface area contributed by atoms with Gasteiger partial charge in [-0.25, -0.2) is 4.39 Å². The Morgan fingerprint density at radius 1 is 1.39 bits per heavy atom. The summed E-state index contributed by atoms with van der Waals surface area (Å²) in [5, 5.41) is 11.8. The average molecular weight is 250 g/mol. The lowest BCUT2D eigenvalue weighted by atomic mass is 10.1. The number of nitriles is 1. The van der Waals surface area contributed by atoms with Crippen LogP contribution in [0.1, 0.15) is 30.9 Å². The normalized spacial score (nSPS) is 10.3. The summed E-state index contributed by atoms with van der Waals surface area (Å²) >= 11 is 0. The van der Waals surface area contributed by atoms with Gasteiger partial charge in [0, 0.05) is 25.3 Å². The SMILES string of the molecule is CCCCOCCNCc1cc(C#N)ccc1F. The highest BCUT2D eigenvalue weighted by atomic mass is 19.1. The van der Waals surface area contributed by atoms with E-state index in [-0.39, 0.29) is 5.82 Å². The van der Waals surface area contributed by atoms with Crippen LogP contribution in [-0.4, -0.2) is 19.8 Å². The molecule has 0 heterocycles. The first-order valence-electron chi connectivity index (χ1n) is 6.25. The van der Waals surface area contributed by atoms with Crippen LogP contribution >= 0.6 is 0 Å². The first kappa shape index (κ1) is 14.6. The molecule has 0 aliphatic heterocycles. The van der Waals surface area contributed by atoms with Gasteiger partial charge in [0.15, 0.2) is 0 Å². The van der Waals surface area contributed by atoms with Crippen LogP contribution < -0.4 is 5.32 Å². The van der Waals surface area contributed by atoms with Crippen molar-refractivity contribution in [1.82, 2.24) is 5.32 Å². The summed E-state index contributed by atoms with van der Waals surface area (Å²) in [6.45, 7) is 4.61. The van der Waals surface area contributed by atoms with Crippen molar-refractivity contribution in [2.24, 2.45) is 0 Å². The highest BCUT2D eigenvalue weighted by molar-refractivity contribution is 5.33. The van der Waals surface area contributed by atoms with Gasteiger partial charge in [0.2, 0.25) is 0 Å². The predicted octanol–water partition coefficient (Wildman–Crippen LogP) is 2.60. The van der Waals surface area contributed by atoms with Gasteiger partial charge in [-0.2, -0.15) is 5.26 Å². The van der Waals surface area contributed by atoms with Crippen molar-refractivity contribution in [3.8, 4) is 6.07 Å². The van der Waals surface area contributed by atoms with Crippen LogP contribution in [0.15, 0.2) is 18.2 Å². The third kappa shape index (κ3) is 5.26. The predicted molar refractivity (Wildman–Crippen MR) is 68.5 cm³/mol. The fraction of sp³-hybridized carbons (Fsp3) is 0.500. The Morgan fingerprint density at radius 2 is 2.22 bits per heavy atom. The van der Waals surface area contributed by atoms with E-state index in [1.807, 2.05) is 6.07 Å². The molecule has 0 unspecified atom stereocenters. The third-order valence-corrected chi connectivity index (χ3v) is 2.56. The maximum Gasteiger partial charge on any atom is 0.127 e. The van der Waals surface area contributed by atoms with Crippen molar-refractivity contribution >= 4 is 0 Å². The largest absolute Gasteiger partial charge is 0.380 e. The minimum absolute atomic E-state index is 0.284. The second-order valence-corrected chi connectivity index (χ2v) is 4.06.